The minimum Gasteiger partial charge on any atom is -0.383 e. The Hall–Kier alpha value is -0.760. The van der Waals surface area contributed by atoms with Gasteiger partial charge in [0.1, 0.15) is 6.17 Å². The number of amides is 1. The van der Waals surface area contributed by atoms with E-state index in [0.29, 0.717) is 24.8 Å². The molecule has 2 saturated heterocycles. The molecule has 2 aliphatic carbocycles. The zero-order valence-electron chi connectivity index (χ0n) is 20.6. The van der Waals surface area contributed by atoms with Crippen LogP contribution in [0.15, 0.2) is 0 Å². The molecule has 7 atom stereocenters. The van der Waals surface area contributed by atoms with Crippen LogP contribution in [0.4, 0.5) is 4.39 Å². The Morgan fingerprint density at radius 1 is 1.19 bits per heavy atom. The average molecular weight is 453 g/mol. The van der Waals surface area contributed by atoms with E-state index in [4.69, 9.17) is 4.74 Å². The second-order valence-corrected chi connectivity index (χ2v) is 11.3. The Balaban J connectivity index is 1.28. The van der Waals surface area contributed by atoms with Crippen LogP contribution in [-0.4, -0.2) is 92.5 Å². The van der Waals surface area contributed by atoms with Gasteiger partial charge in [-0.15, -0.1) is 0 Å². The van der Waals surface area contributed by atoms with Gasteiger partial charge >= 0.3 is 0 Å². The molecule has 0 aromatic carbocycles. The molecular weight excluding hydrogens is 407 g/mol. The highest BCUT2D eigenvalue weighted by Crippen LogP contribution is 2.39. The van der Waals surface area contributed by atoms with Crippen molar-refractivity contribution in [3.8, 4) is 0 Å². The molecule has 4 fully saturated rings. The van der Waals surface area contributed by atoms with E-state index < -0.39 is 6.17 Å². The molecule has 7 unspecified atom stereocenters. The van der Waals surface area contributed by atoms with Crippen molar-refractivity contribution in [1.29, 1.82) is 0 Å². The van der Waals surface area contributed by atoms with Gasteiger partial charge in [-0.1, -0.05) is 6.92 Å². The number of carbonyl (C=O) groups excluding carboxylic acids is 1. The molecule has 7 heteroatoms. The van der Waals surface area contributed by atoms with Gasteiger partial charge in [-0.05, 0) is 77.8 Å². The summed E-state index contributed by atoms with van der Waals surface area (Å²) in [7, 11) is 6.13. The Kier molecular flexibility index (Phi) is 7.80. The van der Waals surface area contributed by atoms with E-state index in [9.17, 15) is 9.18 Å². The fourth-order valence-electron chi connectivity index (χ4n) is 7.02. The van der Waals surface area contributed by atoms with Crippen LogP contribution in [0.1, 0.15) is 64.7 Å². The molecular formula is C25H45FN4O2. The zero-order valence-corrected chi connectivity index (χ0v) is 20.6. The number of rotatable bonds is 6. The third-order valence-corrected chi connectivity index (χ3v) is 9.25. The minimum absolute atomic E-state index is 0.00557. The van der Waals surface area contributed by atoms with Crippen molar-refractivity contribution in [2.24, 2.45) is 11.8 Å². The van der Waals surface area contributed by atoms with Crippen molar-refractivity contribution in [1.82, 2.24) is 20.4 Å². The van der Waals surface area contributed by atoms with Gasteiger partial charge in [0, 0.05) is 49.8 Å². The number of likely N-dealkylation sites (tertiary alicyclic amines) is 1. The summed E-state index contributed by atoms with van der Waals surface area (Å²) in [6, 6.07) is 0.717. The fraction of sp³-hybridized carbons (Fsp3) is 0.960. The number of carbonyl (C=O) groups is 1. The molecule has 1 amide bonds. The maximum absolute atomic E-state index is 14.4. The number of hydrogen-bond donors (Lipinski definition) is 2. The molecule has 4 aliphatic rings. The van der Waals surface area contributed by atoms with E-state index in [1.807, 2.05) is 0 Å². The molecule has 184 valence electrons. The van der Waals surface area contributed by atoms with Gasteiger partial charge in [-0.25, -0.2) is 4.39 Å². The second kappa shape index (κ2) is 10.2. The first-order valence-electron chi connectivity index (χ1n) is 12.9. The van der Waals surface area contributed by atoms with Gasteiger partial charge in [0.05, 0.1) is 12.6 Å². The smallest absolute Gasteiger partial charge is 0.237 e. The Morgan fingerprint density at radius 3 is 2.59 bits per heavy atom. The molecule has 0 aromatic rings. The van der Waals surface area contributed by atoms with Crippen molar-refractivity contribution >= 4 is 5.91 Å². The molecule has 2 heterocycles. The van der Waals surface area contributed by atoms with E-state index in [2.05, 4.69) is 41.5 Å². The topological polar surface area (TPSA) is 56.8 Å². The van der Waals surface area contributed by atoms with E-state index in [1.165, 1.54) is 6.42 Å². The molecule has 0 bridgehead atoms. The summed E-state index contributed by atoms with van der Waals surface area (Å²) in [5.41, 5.74) is 0.143. The van der Waals surface area contributed by atoms with Crippen LogP contribution in [0.2, 0.25) is 0 Å². The number of fused-ring (bicyclic) bond motifs is 1. The van der Waals surface area contributed by atoms with Crippen LogP contribution in [0, 0.1) is 11.8 Å². The van der Waals surface area contributed by atoms with Gasteiger partial charge in [0.25, 0.3) is 0 Å². The summed E-state index contributed by atoms with van der Waals surface area (Å²) in [5, 5.41) is 6.83. The number of nitrogens with zero attached hydrogens (tertiary/aromatic N) is 2. The normalized spacial score (nSPS) is 40.2. The van der Waals surface area contributed by atoms with Crippen molar-refractivity contribution in [3.63, 3.8) is 0 Å². The van der Waals surface area contributed by atoms with E-state index in [1.54, 1.807) is 7.11 Å². The third kappa shape index (κ3) is 5.01. The first-order chi connectivity index (χ1) is 15.3. The molecule has 2 saturated carbocycles. The predicted octanol–water partition coefficient (Wildman–Crippen LogP) is 2.57. The van der Waals surface area contributed by atoms with Gasteiger partial charge in [-0.2, -0.15) is 0 Å². The quantitative estimate of drug-likeness (QED) is 0.649. The molecule has 0 radical (unpaired) electrons. The molecule has 6 nitrogen and oxygen atoms in total. The van der Waals surface area contributed by atoms with Crippen LogP contribution in [0.3, 0.4) is 0 Å². The minimum atomic E-state index is -0.757. The second-order valence-electron chi connectivity index (χ2n) is 11.3. The Bertz CT molecular complexity index is 621. The number of ether oxygens (including phenoxy) is 1. The highest BCUT2D eigenvalue weighted by molar-refractivity contribution is 5.82. The summed E-state index contributed by atoms with van der Waals surface area (Å²) in [4.78, 5) is 18.0. The van der Waals surface area contributed by atoms with Crippen LogP contribution < -0.4 is 10.6 Å². The van der Waals surface area contributed by atoms with Gasteiger partial charge in [0.2, 0.25) is 5.91 Å². The monoisotopic (exact) mass is 452 g/mol. The number of likely N-dealkylation sites (N-methyl/N-ethyl adjacent to an activating group) is 1. The van der Waals surface area contributed by atoms with Crippen molar-refractivity contribution in [2.45, 2.75) is 101 Å². The molecule has 2 N–H and O–H groups in total. The molecule has 4 rings (SSSR count). The van der Waals surface area contributed by atoms with E-state index >= 15 is 0 Å². The molecule has 0 aromatic heterocycles. The van der Waals surface area contributed by atoms with Gasteiger partial charge < -0.3 is 25.2 Å². The maximum Gasteiger partial charge on any atom is 0.237 e. The SMILES string of the molecule is COCC1(N(C)C)CCN(C2CCCC(NC(=O)C3CC4C(F)CCC(C)C4N3)C2)CC1. The fourth-order valence-corrected chi connectivity index (χ4v) is 7.02. The third-order valence-electron chi connectivity index (χ3n) is 9.25. The number of piperidine rings is 1. The summed E-state index contributed by atoms with van der Waals surface area (Å²) in [5.74, 6) is 0.552. The first kappa shape index (κ1) is 24.4. The molecule has 32 heavy (non-hydrogen) atoms. The number of hydrogen-bond acceptors (Lipinski definition) is 5. The van der Waals surface area contributed by atoms with Crippen LogP contribution in [0.5, 0.6) is 0 Å². The van der Waals surface area contributed by atoms with Crippen LogP contribution in [0.25, 0.3) is 0 Å². The van der Waals surface area contributed by atoms with Gasteiger partial charge in [-0.3, -0.25) is 4.79 Å². The van der Waals surface area contributed by atoms with E-state index in [-0.39, 0.29) is 35.5 Å². The largest absolute Gasteiger partial charge is 0.383 e. The summed E-state index contributed by atoms with van der Waals surface area (Å²) >= 11 is 0. The van der Waals surface area contributed by atoms with Crippen LogP contribution >= 0.6 is 0 Å². The lowest BCUT2D eigenvalue weighted by molar-refractivity contribution is -0.124. The van der Waals surface area contributed by atoms with Crippen molar-refractivity contribution < 1.29 is 13.9 Å². The van der Waals surface area contributed by atoms with Gasteiger partial charge in [0.15, 0.2) is 0 Å². The number of alkyl halides is 1. The highest BCUT2D eigenvalue weighted by atomic mass is 19.1. The Labute approximate surface area is 194 Å². The lowest BCUT2D eigenvalue weighted by atomic mass is 9.77. The maximum atomic E-state index is 14.4. The van der Waals surface area contributed by atoms with Crippen molar-refractivity contribution in [2.75, 3.05) is 40.9 Å². The summed E-state index contributed by atoms with van der Waals surface area (Å²) in [6.07, 6.45) is 8.19. The molecule has 2 aliphatic heterocycles. The standard InChI is InChI=1S/C25H45FN4O2/c1-17-8-9-21(26)20-15-22(28-23(17)20)24(31)27-18-6-5-7-19(14-18)30-12-10-25(11-13-30,16-32-4)29(2)3/h17-23,28H,5-16H2,1-4H3,(H,27,31). The Morgan fingerprint density at radius 2 is 1.94 bits per heavy atom. The van der Waals surface area contributed by atoms with Crippen molar-refractivity contribution in [3.05, 3.63) is 0 Å². The zero-order chi connectivity index (χ0) is 22.9. The van der Waals surface area contributed by atoms with E-state index in [0.717, 1.165) is 58.2 Å². The number of halogens is 1. The average Bonchev–Trinajstić information content (AvgIpc) is 3.24. The van der Waals surface area contributed by atoms with Crippen LogP contribution in [-0.2, 0) is 9.53 Å². The first-order valence-corrected chi connectivity index (χ1v) is 12.9. The summed E-state index contributed by atoms with van der Waals surface area (Å²) in [6.45, 7) is 5.16. The summed E-state index contributed by atoms with van der Waals surface area (Å²) < 4.78 is 20.0. The highest BCUT2D eigenvalue weighted by Gasteiger charge is 2.46. The lowest BCUT2D eigenvalue weighted by Gasteiger charge is -2.48. The lowest BCUT2D eigenvalue weighted by Crippen LogP contribution is -2.58. The molecule has 0 spiro atoms. The predicted molar refractivity (Wildman–Crippen MR) is 125 cm³/mol. The number of methoxy groups -OCH3 is 1. The number of nitrogens with one attached hydrogen (secondary N) is 2.